The highest BCUT2D eigenvalue weighted by Gasteiger charge is 2.28. The van der Waals surface area contributed by atoms with Crippen LogP contribution in [0.15, 0.2) is 76.2 Å². The number of furan rings is 1. The van der Waals surface area contributed by atoms with Gasteiger partial charge in [0.2, 0.25) is 0 Å². The molecule has 34 heavy (non-hydrogen) atoms. The Labute approximate surface area is 195 Å². The number of fused-ring (bicyclic) bond motifs is 2. The number of nitrogens with one attached hydrogen (secondary N) is 2. The van der Waals surface area contributed by atoms with Gasteiger partial charge in [0.05, 0.1) is 11.3 Å². The van der Waals surface area contributed by atoms with E-state index in [4.69, 9.17) is 4.42 Å². The van der Waals surface area contributed by atoms with Crippen LogP contribution in [0.2, 0.25) is 0 Å². The van der Waals surface area contributed by atoms with Crippen LogP contribution in [0.4, 0.5) is 10.1 Å². The van der Waals surface area contributed by atoms with Crippen molar-refractivity contribution in [2.75, 3.05) is 5.32 Å². The number of aryl methyl sites for hydroxylation is 1. The van der Waals surface area contributed by atoms with Gasteiger partial charge in [0.15, 0.2) is 5.76 Å². The van der Waals surface area contributed by atoms with E-state index in [1.54, 1.807) is 13.0 Å². The van der Waals surface area contributed by atoms with E-state index in [0.717, 1.165) is 22.8 Å². The summed E-state index contributed by atoms with van der Waals surface area (Å²) in [6.45, 7) is 1.81. The molecular weight excluding hydrogens is 433 g/mol. The lowest BCUT2D eigenvalue weighted by atomic mass is 9.93. The summed E-state index contributed by atoms with van der Waals surface area (Å²) in [5.74, 6) is -0.721. The van der Waals surface area contributed by atoms with Gasteiger partial charge in [-0.1, -0.05) is 48.5 Å². The molecule has 0 spiro atoms. The fourth-order valence-corrected chi connectivity index (χ4v) is 4.33. The minimum atomic E-state index is -0.632. The molecule has 3 aromatic carbocycles. The molecule has 1 aliphatic rings. The number of benzene rings is 3. The lowest BCUT2D eigenvalue weighted by molar-refractivity contribution is 0.0949. The molecule has 1 aromatic heterocycles. The molecule has 170 valence electrons. The molecule has 0 saturated carbocycles. The van der Waals surface area contributed by atoms with Crippen LogP contribution in [0, 0.1) is 12.7 Å². The smallest absolute Gasteiger partial charge is 0.291 e. The highest BCUT2D eigenvalue weighted by molar-refractivity contribution is 6.11. The molecule has 7 heteroatoms. The Morgan fingerprint density at radius 2 is 1.71 bits per heavy atom. The number of anilines is 1. The van der Waals surface area contributed by atoms with Crippen LogP contribution in [0.1, 0.15) is 50.6 Å². The molecule has 0 saturated heterocycles. The van der Waals surface area contributed by atoms with Gasteiger partial charge in [0.25, 0.3) is 11.8 Å². The van der Waals surface area contributed by atoms with Crippen LogP contribution in [-0.4, -0.2) is 17.5 Å². The Morgan fingerprint density at radius 3 is 2.56 bits per heavy atom. The van der Waals surface area contributed by atoms with Crippen molar-refractivity contribution in [3.8, 4) is 0 Å². The topological polar surface area (TPSA) is 83.7 Å². The van der Waals surface area contributed by atoms with Crippen molar-refractivity contribution < 1.29 is 18.4 Å². The molecule has 4 aromatic rings. The Morgan fingerprint density at radius 1 is 0.941 bits per heavy atom. The number of hydrazone groups is 1. The normalized spacial score (nSPS) is 14.1. The first kappa shape index (κ1) is 21.6. The molecule has 1 aliphatic carbocycles. The predicted octanol–water partition coefficient (Wildman–Crippen LogP) is 5.60. The van der Waals surface area contributed by atoms with Gasteiger partial charge < -0.3 is 9.73 Å². The van der Waals surface area contributed by atoms with Gasteiger partial charge in [-0.05, 0) is 43.4 Å². The first-order valence-electron chi connectivity index (χ1n) is 11.1. The van der Waals surface area contributed by atoms with Gasteiger partial charge >= 0.3 is 0 Å². The highest BCUT2D eigenvalue weighted by atomic mass is 19.1. The maximum Gasteiger partial charge on any atom is 0.291 e. The number of rotatable bonds is 4. The quantitative estimate of drug-likeness (QED) is 0.393. The van der Waals surface area contributed by atoms with Gasteiger partial charge in [-0.15, -0.1) is 0 Å². The van der Waals surface area contributed by atoms with Crippen molar-refractivity contribution in [2.45, 2.75) is 26.2 Å². The van der Waals surface area contributed by atoms with Gasteiger partial charge in [0.1, 0.15) is 11.6 Å². The van der Waals surface area contributed by atoms with Crippen molar-refractivity contribution in [2.24, 2.45) is 5.10 Å². The molecule has 5 rings (SSSR count). The molecule has 2 amide bonds. The maximum atomic E-state index is 13.9. The first-order chi connectivity index (χ1) is 16.5. The third-order valence-electron chi connectivity index (χ3n) is 5.98. The SMILES string of the molecule is Cc1c(C(=O)Nc2cccc3ccccc23)oc2c1/C(=N/NC(=O)c1ccccc1F)CCC2. The maximum absolute atomic E-state index is 13.9. The highest BCUT2D eigenvalue weighted by Crippen LogP contribution is 2.31. The van der Waals surface area contributed by atoms with Crippen LogP contribution in [-0.2, 0) is 6.42 Å². The van der Waals surface area contributed by atoms with E-state index in [1.165, 1.54) is 18.2 Å². The molecule has 6 nitrogen and oxygen atoms in total. The second-order valence-corrected chi connectivity index (χ2v) is 8.17. The minimum absolute atomic E-state index is 0.0815. The molecule has 1 heterocycles. The Hall–Kier alpha value is -4.26. The van der Waals surface area contributed by atoms with E-state index < -0.39 is 11.7 Å². The Balaban J connectivity index is 1.42. The van der Waals surface area contributed by atoms with Crippen LogP contribution in [0.25, 0.3) is 10.8 Å². The summed E-state index contributed by atoms with van der Waals surface area (Å²) in [5, 5.41) is 9.18. The number of nitrogens with zero attached hydrogens (tertiary/aromatic N) is 1. The second-order valence-electron chi connectivity index (χ2n) is 8.17. The van der Waals surface area contributed by atoms with Crippen molar-refractivity contribution >= 4 is 34.0 Å². The molecular formula is C27H22FN3O3. The zero-order valence-corrected chi connectivity index (χ0v) is 18.5. The number of carbonyl (C=O) groups excluding carboxylic acids is 2. The van der Waals surface area contributed by atoms with Gasteiger partial charge in [0, 0.05) is 28.6 Å². The molecule has 0 bridgehead atoms. The lowest BCUT2D eigenvalue weighted by Crippen LogP contribution is -2.23. The number of halogens is 1. The summed E-state index contributed by atoms with van der Waals surface area (Å²) in [6, 6.07) is 19.3. The average molecular weight is 455 g/mol. The average Bonchev–Trinajstić information content (AvgIpc) is 3.20. The summed E-state index contributed by atoms with van der Waals surface area (Å²) in [5.41, 5.74) is 5.05. The number of hydrogen-bond acceptors (Lipinski definition) is 4. The largest absolute Gasteiger partial charge is 0.455 e. The van der Waals surface area contributed by atoms with E-state index in [0.29, 0.717) is 35.6 Å². The lowest BCUT2D eigenvalue weighted by Gasteiger charge is -2.13. The Bertz CT molecular complexity index is 1450. The number of carbonyl (C=O) groups is 2. The third kappa shape index (κ3) is 3.96. The zero-order chi connectivity index (χ0) is 23.7. The van der Waals surface area contributed by atoms with Crippen molar-refractivity contribution in [3.05, 3.63) is 101 Å². The molecule has 0 radical (unpaired) electrons. The summed E-state index contributed by atoms with van der Waals surface area (Å²) >= 11 is 0. The van der Waals surface area contributed by atoms with Gasteiger partial charge in [-0.3, -0.25) is 9.59 Å². The van der Waals surface area contributed by atoms with Gasteiger partial charge in [-0.2, -0.15) is 5.10 Å². The van der Waals surface area contributed by atoms with E-state index in [-0.39, 0.29) is 17.2 Å². The van der Waals surface area contributed by atoms with Crippen LogP contribution >= 0.6 is 0 Å². The molecule has 2 N–H and O–H groups in total. The Kier molecular flexibility index (Phi) is 5.67. The minimum Gasteiger partial charge on any atom is -0.455 e. The standard InChI is InChI=1S/C27H22FN3O3/c1-16-24-22(30-31-26(32)19-11-4-5-12-20(19)28)14-7-15-23(24)34-25(16)27(33)29-21-13-6-9-17-8-2-3-10-18(17)21/h2-6,8-13H,7,14-15H2,1H3,(H,29,33)(H,31,32)/b30-22+. The fourth-order valence-electron chi connectivity index (χ4n) is 4.33. The molecule has 0 fully saturated rings. The van der Waals surface area contributed by atoms with Crippen LogP contribution in [0.5, 0.6) is 0 Å². The predicted molar refractivity (Wildman–Crippen MR) is 129 cm³/mol. The first-order valence-corrected chi connectivity index (χ1v) is 11.1. The zero-order valence-electron chi connectivity index (χ0n) is 18.5. The monoisotopic (exact) mass is 455 g/mol. The van der Waals surface area contributed by atoms with E-state index in [9.17, 15) is 14.0 Å². The number of amides is 2. The van der Waals surface area contributed by atoms with Crippen molar-refractivity contribution in [1.82, 2.24) is 5.43 Å². The van der Waals surface area contributed by atoms with E-state index in [2.05, 4.69) is 15.8 Å². The fraction of sp³-hybridized carbons (Fsp3) is 0.148. The summed E-state index contributed by atoms with van der Waals surface area (Å²) in [6.07, 6.45) is 2.03. The van der Waals surface area contributed by atoms with Crippen molar-refractivity contribution in [3.63, 3.8) is 0 Å². The number of hydrogen-bond donors (Lipinski definition) is 2. The van der Waals surface area contributed by atoms with Crippen LogP contribution < -0.4 is 10.7 Å². The summed E-state index contributed by atoms with van der Waals surface area (Å²) in [7, 11) is 0. The summed E-state index contributed by atoms with van der Waals surface area (Å²) < 4.78 is 19.9. The van der Waals surface area contributed by atoms with Crippen molar-refractivity contribution in [1.29, 1.82) is 0 Å². The summed E-state index contributed by atoms with van der Waals surface area (Å²) in [4.78, 5) is 25.5. The van der Waals surface area contributed by atoms with E-state index in [1.807, 2.05) is 42.5 Å². The molecule has 0 aliphatic heterocycles. The molecule has 0 unspecified atom stereocenters. The van der Waals surface area contributed by atoms with Gasteiger partial charge in [-0.25, -0.2) is 9.82 Å². The molecule has 0 atom stereocenters. The third-order valence-corrected chi connectivity index (χ3v) is 5.98. The second kappa shape index (κ2) is 8.94. The van der Waals surface area contributed by atoms with E-state index >= 15 is 0 Å². The van der Waals surface area contributed by atoms with Crippen LogP contribution in [0.3, 0.4) is 0 Å².